The molecule has 0 saturated heterocycles. The van der Waals surface area contributed by atoms with E-state index in [0.29, 0.717) is 11.4 Å². The van der Waals surface area contributed by atoms with Gasteiger partial charge in [-0.25, -0.2) is 8.42 Å². The van der Waals surface area contributed by atoms with Gasteiger partial charge in [-0.1, -0.05) is 0 Å². The van der Waals surface area contributed by atoms with Crippen molar-refractivity contribution in [2.45, 2.75) is 43.3 Å². The van der Waals surface area contributed by atoms with E-state index in [9.17, 15) is 13.5 Å². The van der Waals surface area contributed by atoms with Crippen LogP contribution in [-0.4, -0.2) is 28.7 Å². The third kappa shape index (κ3) is 3.01. The Labute approximate surface area is 101 Å². The Morgan fingerprint density at radius 2 is 2.06 bits per heavy atom. The molecular weight excluding hydrogens is 240 g/mol. The SMILES string of the molecule is CC(C)(O)c1cncc(CS(=O)(=O)C2CC2)n1. The van der Waals surface area contributed by atoms with Gasteiger partial charge >= 0.3 is 0 Å². The highest BCUT2D eigenvalue weighted by atomic mass is 32.2. The Hall–Kier alpha value is -1.01. The third-order valence-electron chi connectivity index (χ3n) is 2.69. The van der Waals surface area contributed by atoms with Crippen LogP contribution in [0.15, 0.2) is 12.4 Å². The maximum Gasteiger partial charge on any atom is 0.158 e. The quantitative estimate of drug-likeness (QED) is 0.861. The summed E-state index contributed by atoms with van der Waals surface area (Å²) in [7, 11) is -3.09. The molecule has 1 aromatic rings. The minimum absolute atomic E-state index is 0.0887. The number of aromatic nitrogens is 2. The number of sulfone groups is 1. The standard InChI is InChI=1S/C11H16N2O3S/c1-11(2,14)10-6-12-5-8(13-10)7-17(15,16)9-3-4-9/h5-6,9,14H,3-4,7H2,1-2H3. The van der Waals surface area contributed by atoms with Crippen molar-refractivity contribution in [1.82, 2.24) is 9.97 Å². The van der Waals surface area contributed by atoms with E-state index in [1.165, 1.54) is 12.4 Å². The summed E-state index contributed by atoms with van der Waals surface area (Å²) < 4.78 is 23.6. The number of nitrogens with zero attached hydrogens (tertiary/aromatic N) is 2. The zero-order valence-corrected chi connectivity index (χ0v) is 10.7. The van der Waals surface area contributed by atoms with Crippen molar-refractivity contribution in [3.8, 4) is 0 Å². The molecule has 1 N–H and O–H groups in total. The van der Waals surface area contributed by atoms with E-state index in [1.54, 1.807) is 13.8 Å². The molecule has 1 aliphatic rings. The van der Waals surface area contributed by atoms with Gasteiger partial charge in [-0.05, 0) is 26.7 Å². The zero-order valence-electron chi connectivity index (χ0n) is 9.92. The van der Waals surface area contributed by atoms with Crippen LogP contribution >= 0.6 is 0 Å². The number of aliphatic hydroxyl groups is 1. The fourth-order valence-electron chi connectivity index (χ4n) is 1.52. The highest BCUT2D eigenvalue weighted by molar-refractivity contribution is 7.91. The molecule has 1 saturated carbocycles. The van der Waals surface area contributed by atoms with Crippen molar-refractivity contribution in [1.29, 1.82) is 0 Å². The molecule has 1 aliphatic carbocycles. The van der Waals surface area contributed by atoms with Gasteiger partial charge in [-0.15, -0.1) is 0 Å². The number of rotatable bonds is 4. The minimum atomic E-state index is -3.09. The molecule has 5 nitrogen and oxygen atoms in total. The molecule has 6 heteroatoms. The monoisotopic (exact) mass is 256 g/mol. The molecule has 0 spiro atoms. The summed E-state index contributed by atoms with van der Waals surface area (Å²) in [5, 5.41) is 9.58. The largest absolute Gasteiger partial charge is 0.384 e. The molecule has 0 bridgehead atoms. The topological polar surface area (TPSA) is 80.2 Å². The average Bonchev–Trinajstić information content (AvgIpc) is 2.99. The van der Waals surface area contributed by atoms with E-state index in [-0.39, 0.29) is 11.0 Å². The van der Waals surface area contributed by atoms with Crippen molar-refractivity contribution in [2.24, 2.45) is 0 Å². The van der Waals surface area contributed by atoms with E-state index in [0.717, 1.165) is 12.8 Å². The second-order valence-electron chi connectivity index (χ2n) is 4.96. The molecule has 1 aromatic heterocycles. The lowest BCUT2D eigenvalue weighted by atomic mass is 10.1. The molecule has 1 heterocycles. The molecule has 0 atom stereocenters. The maximum atomic E-state index is 11.8. The average molecular weight is 256 g/mol. The van der Waals surface area contributed by atoms with Crippen LogP contribution in [0.1, 0.15) is 38.1 Å². The van der Waals surface area contributed by atoms with Gasteiger partial charge in [0.1, 0.15) is 5.60 Å². The van der Waals surface area contributed by atoms with Crippen LogP contribution < -0.4 is 0 Å². The van der Waals surface area contributed by atoms with Crippen molar-refractivity contribution >= 4 is 9.84 Å². The molecule has 0 aromatic carbocycles. The normalized spacial score (nSPS) is 17.1. The summed E-state index contributed by atoms with van der Waals surface area (Å²) in [6, 6.07) is 0. The number of hydrogen-bond donors (Lipinski definition) is 1. The zero-order chi connectivity index (χ0) is 12.7. The third-order valence-corrected chi connectivity index (χ3v) is 4.88. The first kappa shape index (κ1) is 12.4. The first-order valence-electron chi connectivity index (χ1n) is 5.54. The van der Waals surface area contributed by atoms with Gasteiger partial charge in [0.2, 0.25) is 0 Å². The van der Waals surface area contributed by atoms with Gasteiger partial charge < -0.3 is 5.11 Å². The van der Waals surface area contributed by atoms with Crippen LogP contribution in [0.5, 0.6) is 0 Å². The van der Waals surface area contributed by atoms with Crippen molar-refractivity contribution in [3.05, 3.63) is 23.8 Å². The van der Waals surface area contributed by atoms with E-state index >= 15 is 0 Å². The van der Waals surface area contributed by atoms with Crippen LogP contribution in [0, 0.1) is 0 Å². The molecule has 1 fully saturated rings. The highest BCUT2D eigenvalue weighted by Gasteiger charge is 2.36. The molecule has 94 valence electrons. The Bertz CT molecular complexity index is 516. The Kier molecular flexibility index (Phi) is 2.95. The van der Waals surface area contributed by atoms with Crippen LogP contribution in [0.2, 0.25) is 0 Å². The summed E-state index contributed by atoms with van der Waals surface area (Å²) in [6.45, 7) is 3.19. The predicted octanol–water partition coefficient (Wildman–Crippen LogP) is 0.781. The molecule has 0 aliphatic heterocycles. The highest BCUT2D eigenvalue weighted by Crippen LogP contribution is 2.30. The summed E-state index contributed by atoms with van der Waals surface area (Å²) >= 11 is 0. The summed E-state index contributed by atoms with van der Waals surface area (Å²) in [6.07, 6.45) is 4.39. The van der Waals surface area contributed by atoms with E-state index in [2.05, 4.69) is 9.97 Å². The van der Waals surface area contributed by atoms with Gasteiger partial charge in [-0.2, -0.15) is 0 Å². The maximum absolute atomic E-state index is 11.8. The van der Waals surface area contributed by atoms with Gasteiger partial charge in [0.05, 0.1) is 28.6 Å². The molecule has 2 rings (SSSR count). The van der Waals surface area contributed by atoms with Gasteiger partial charge in [0, 0.05) is 6.20 Å². The Balaban J connectivity index is 2.22. The second kappa shape index (κ2) is 4.03. The molecule has 0 radical (unpaired) electrons. The summed E-state index contributed by atoms with van der Waals surface area (Å²) in [4.78, 5) is 8.08. The first-order chi connectivity index (χ1) is 7.79. The van der Waals surface area contributed by atoms with E-state index in [1.807, 2.05) is 0 Å². The van der Waals surface area contributed by atoms with Gasteiger partial charge in [0.15, 0.2) is 9.84 Å². The summed E-state index contributed by atoms with van der Waals surface area (Å²) in [5.74, 6) is -0.0887. The molecule has 0 unspecified atom stereocenters. The molecule has 17 heavy (non-hydrogen) atoms. The van der Waals surface area contributed by atoms with Crippen molar-refractivity contribution in [2.75, 3.05) is 0 Å². The fourth-order valence-corrected chi connectivity index (χ4v) is 3.16. The van der Waals surface area contributed by atoms with Crippen LogP contribution in [-0.2, 0) is 21.2 Å². The summed E-state index contributed by atoms with van der Waals surface area (Å²) in [5.41, 5.74) is -0.315. The molecule has 0 amide bonds. The Morgan fingerprint density at radius 1 is 1.41 bits per heavy atom. The van der Waals surface area contributed by atoms with Crippen molar-refractivity contribution < 1.29 is 13.5 Å². The van der Waals surface area contributed by atoms with Crippen LogP contribution in [0.25, 0.3) is 0 Å². The smallest absolute Gasteiger partial charge is 0.158 e. The first-order valence-corrected chi connectivity index (χ1v) is 7.26. The van der Waals surface area contributed by atoms with Gasteiger partial charge in [0.25, 0.3) is 0 Å². The van der Waals surface area contributed by atoms with Crippen LogP contribution in [0.4, 0.5) is 0 Å². The lowest BCUT2D eigenvalue weighted by Crippen LogP contribution is -2.20. The lowest BCUT2D eigenvalue weighted by Gasteiger charge is -2.16. The van der Waals surface area contributed by atoms with Crippen molar-refractivity contribution in [3.63, 3.8) is 0 Å². The van der Waals surface area contributed by atoms with Crippen LogP contribution in [0.3, 0.4) is 0 Å². The molecular formula is C11H16N2O3S. The number of hydrogen-bond acceptors (Lipinski definition) is 5. The minimum Gasteiger partial charge on any atom is -0.384 e. The van der Waals surface area contributed by atoms with Gasteiger partial charge in [-0.3, -0.25) is 9.97 Å². The Morgan fingerprint density at radius 3 is 2.59 bits per heavy atom. The fraction of sp³-hybridized carbons (Fsp3) is 0.636. The predicted molar refractivity (Wildman–Crippen MR) is 62.9 cm³/mol. The van der Waals surface area contributed by atoms with E-state index < -0.39 is 15.4 Å². The van der Waals surface area contributed by atoms with E-state index in [4.69, 9.17) is 0 Å². The second-order valence-corrected chi connectivity index (χ2v) is 7.24. The lowest BCUT2D eigenvalue weighted by molar-refractivity contribution is 0.0732.